The molecule has 1 aliphatic carbocycles. The van der Waals surface area contributed by atoms with E-state index in [1.54, 1.807) is 0 Å². The van der Waals surface area contributed by atoms with Crippen LogP contribution < -0.4 is 4.74 Å². The summed E-state index contributed by atoms with van der Waals surface area (Å²) in [6.45, 7) is 0.744. The van der Waals surface area contributed by atoms with Gasteiger partial charge in [0, 0.05) is 5.92 Å². The summed E-state index contributed by atoms with van der Waals surface area (Å²) in [6, 6.07) is 8.04. The molecular weight excluding hydrogens is 216 g/mol. The lowest BCUT2D eigenvalue weighted by molar-refractivity contribution is -0.143. The number of carboxylic acids is 1. The van der Waals surface area contributed by atoms with Gasteiger partial charge in [-0.3, -0.25) is 4.79 Å². The van der Waals surface area contributed by atoms with Gasteiger partial charge in [-0.05, 0) is 36.8 Å². The SMILES string of the molecule is O=C(O)C1CCC2COc3ccccc3C2C1. The fourth-order valence-electron chi connectivity index (χ4n) is 3.15. The summed E-state index contributed by atoms with van der Waals surface area (Å²) >= 11 is 0. The Kier molecular flexibility index (Phi) is 2.54. The zero-order valence-corrected chi connectivity index (χ0v) is 9.63. The molecule has 2 aliphatic rings. The van der Waals surface area contributed by atoms with Crippen LogP contribution in [0.1, 0.15) is 30.7 Å². The third-order valence-electron chi connectivity index (χ3n) is 4.11. The van der Waals surface area contributed by atoms with Crippen LogP contribution in [-0.4, -0.2) is 17.7 Å². The molecule has 1 N–H and O–H groups in total. The van der Waals surface area contributed by atoms with Gasteiger partial charge in [0.1, 0.15) is 5.75 Å². The van der Waals surface area contributed by atoms with Gasteiger partial charge >= 0.3 is 5.97 Å². The second-order valence-corrected chi connectivity index (χ2v) is 5.06. The first-order valence-corrected chi connectivity index (χ1v) is 6.20. The molecular formula is C14H16O3. The van der Waals surface area contributed by atoms with Crippen molar-refractivity contribution in [3.8, 4) is 5.75 Å². The monoisotopic (exact) mass is 232 g/mol. The third-order valence-corrected chi connectivity index (χ3v) is 4.11. The van der Waals surface area contributed by atoms with E-state index in [4.69, 9.17) is 9.84 Å². The molecule has 1 heterocycles. The maximum atomic E-state index is 11.1. The van der Waals surface area contributed by atoms with Crippen LogP contribution in [0.15, 0.2) is 24.3 Å². The van der Waals surface area contributed by atoms with Gasteiger partial charge in [0.15, 0.2) is 0 Å². The van der Waals surface area contributed by atoms with E-state index in [1.165, 1.54) is 5.56 Å². The summed E-state index contributed by atoms with van der Waals surface area (Å²) in [5.74, 6) is 0.991. The lowest BCUT2D eigenvalue weighted by atomic mass is 9.70. The van der Waals surface area contributed by atoms with Crippen LogP contribution in [0.5, 0.6) is 5.75 Å². The number of ether oxygens (including phenoxy) is 1. The van der Waals surface area contributed by atoms with Crippen LogP contribution in [0.4, 0.5) is 0 Å². The number of aliphatic carboxylic acids is 1. The first-order valence-electron chi connectivity index (χ1n) is 6.20. The Morgan fingerprint density at radius 1 is 1.29 bits per heavy atom. The van der Waals surface area contributed by atoms with Crippen molar-refractivity contribution in [2.45, 2.75) is 25.2 Å². The maximum Gasteiger partial charge on any atom is 0.306 e. The molecule has 0 aromatic heterocycles. The molecule has 0 bridgehead atoms. The molecule has 0 radical (unpaired) electrons. The van der Waals surface area contributed by atoms with E-state index in [2.05, 4.69) is 6.07 Å². The van der Waals surface area contributed by atoms with E-state index in [9.17, 15) is 4.79 Å². The summed E-state index contributed by atoms with van der Waals surface area (Å²) in [6.07, 6.45) is 2.53. The Labute approximate surface area is 100 Å². The number of hydrogen-bond acceptors (Lipinski definition) is 2. The van der Waals surface area contributed by atoms with E-state index >= 15 is 0 Å². The highest BCUT2D eigenvalue weighted by Gasteiger charge is 2.38. The van der Waals surface area contributed by atoms with Crippen molar-refractivity contribution >= 4 is 5.97 Å². The van der Waals surface area contributed by atoms with Crippen LogP contribution in [-0.2, 0) is 4.79 Å². The predicted octanol–water partition coefficient (Wildman–Crippen LogP) is 2.66. The second-order valence-electron chi connectivity index (χ2n) is 5.06. The molecule has 3 atom stereocenters. The molecule has 0 amide bonds. The van der Waals surface area contributed by atoms with Gasteiger partial charge in [-0.1, -0.05) is 18.2 Å². The first-order chi connectivity index (χ1) is 8.25. The average molecular weight is 232 g/mol. The van der Waals surface area contributed by atoms with Crippen molar-refractivity contribution in [1.82, 2.24) is 0 Å². The zero-order valence-electron chi connectivity index (χ0n) is 9.63. The van der Waals surface area contributed by atoms with Gasteiger partial charge in [0.25, 0.3) is 0 Å². The Hall–Kier alpha value is -1.51. The first kappa shape index (κ1) is 10.6. The number of fused-ring (bicyclic) bond motifs is 3. The fraction of sp³-hybridized carbons (Fsp3) is 0.500. The van der Waals surface area contributed by atoms with Crippen LogP contribution >= 0.6 is 0 Å². The van der Waals surface area contributed by atoms with Gasteiger partial charge in [0.2, 0.25) is 0 Å². The van der Waals surface area contributed by atoms with Gasteiger partial charge in [-0.2, -0.15) is 0 Å². The normalized spacial score (nSPS) is 30.9. The number of rotatable bonds is 1. The summed E-state index contributed by atoms with van der Waals surface area (Å²) < 4.78 is 5.74. The van der Waals surface area contributed by atoms with E-state index in [-0.39, 0.29) is 5.92 Å². The van der Waals surface area contributed by atoms with Gasteiger partial charge in [0.05, 0.1) is 12.5 Å². The Bertz CT molecular complexity index is 441. The lowest BCUT2D eigenvalue weighted by Gasteiger charge is -2.39. The van der Waals surface area contributed by atoms with Gasteiger partial charge in [-0.15, -0.1) is 0 Å². The molecule has 17 heavy (non-hydrogen) atoms. The summed E-state index contributed by atoms with van der Waals surface area (Å²) in [5, 5.41) is 9.15. The van der Waals surface area contributed by atoms with Crippen molar-refractivity contribution in [2.24, 2.45) is 11.8 Å². The van der Waals surface area contributed by atoms with Crippen molar-refractivity contribution in [2.75, 3.05) is 6.61 Å². The molecule has 1 aromatic carbocycles. The molecule has 0 spiro atoms. The van der Waals surface area contributed by atoms with Crippen molar-refractivity contribution < 1.29 is 14.6 Å². The minimum Gasteiger partial charge on any atom is -0.493 e. The largest absolute Gasteiger partial charge is 0.493 e. The highest BCUT2D eigenvalue weighted by atomic mass is 16.5. The molecule has 1 aliphatic heterocycles. The smallest absolute Gasteiger partial charge is 0.306 e. The van der Waals surface area contributed by atoms with E-state index in [0.717, 1.165) is 31.6 Å². The molecule has 1 fully saturated rings. The standard InChI is InChI=1S/C14H16O3/c15-14(16)9-5-6-10-8-17-13-4-2-1-3-11(13)12(10)7-9/h1-4,9-10,12H,5-8H2,(H,15,16). The number of carbonyl (C=O) groups is 1. The minimum absolute atomic E-state index is 0.178. The highest BCUT2D eigenvalue weighted by molar-refractivity contribution is 5.70. The summed E-state index contributed by atoms with van der Waals surface area (Å²) in [5.41, 5.74) is 1.20. The van der Waals surface area contributed by atoms with Crippen molar-refractivity contribution in [3.63, 3.8) is 0 Å². The molecule has 3 rings (SSSR count). The molecule has 0 saturated heterocycles. The fourth-order valence-corrected chi connectivity index (χ4v) is 3.15. The third kappa shape index (κ3) is 1.79. The van der Waals surface area contributed by atoms with Crippen molar-refractivity contribution in [3.05, 3.63) is 29.8 Å². The second kappa shape index (κ2) is 4.06. The number of benzene rings is 1. The molecule has 3 unspecified atom stereocenters. The summed E-state index contributed by atoms with van der Waals surface area (Å²) in [4.78, 5) is 11.1. The van der Waals surface area contributed by atoms with E-state index in [0.29, 0.717) is 11.8 Å². The predicted molar refractivity (Wildman–Crippen MR) is 63.1 cm³/mol. The van der Waals surface area contributed by atoms with Gasteiger partial charge in [-0.25, -0.2) is 0 Å². The lowest BCUT2D eigenvalue weighted by Crippen LogP contribution is -2.34. The van der Waals surface area contributed by atoms with E-state index < -0.39 is 5.97 Å². The maximum absolute atomic E-state index is 11.1. The highest BCUT2D eigenvalue weighted by Crippen LogP contribution is 2.46. The topological polar surface area (TPSA) is 46.5 Å². The Morgan fingerprint density at radius 3 is 2.94 bits per heavy atom. The number of carboxylic acid groups (broad SMARTS) is 1. The molecule has 90 valence electrons. The number of hydrogen-bond donors (Lipinski definition) is 1. The summed E-state index contributed by atoms with van der Waals surface area (Å²) in [7, 11) is 0. The number of para-hydroxylation sites is 1. The van der Waals surface area contributed by atoms with Crippen LogP contribution in [0.2, 0.25) is 0 Å². The molecule has 1 saturated carbocycles. The van der Waals surface area contributed by atoms with Crippen LogP contribution in [0, 0.1) is 11.8 Å². The van der Waals surface area contributed by atoms with Gasteiger partial charge < -0.3 is 9.84 Å². The Balaban J connectivity index is 1.91. The van der Waals surface area contributed by atoms with Crippen LogP contribution in [0.3, 0.4) is 0 Å². The van der Waals surface area contributed by atoms with E-state index in [1.807, 2.05) is 18.2 Å². The molecule has 3 heteroatoms. The average Bonchev–Trinajstić information content (AvgIpc) is 2.38. The quantitative estimate of drug-likeness (QED) is 0.809. The zero-order chi connectivity index (χ0) is 11.8. The van der Waals surface area contributed by atoms with Crippen molar-refractivity contribution in [1.29, 1.82) is 0 Å². The van der Waals surface area contributed by atoms with Crippen LogP contribution in [0.25, 0.3) is 0 Å². The molecule has 3 nitrogen and oxygen atoms in total. The molecule has 1 aromatic rings. The Morgan fingerprint density at radius 2 is 2.12 bits per heavy atom. The minimum atomic E-state index is -0.646.